The van der Waals surface area contributed by atoms with Crippen molar-refractivity contribution in [1.29, 1.82) is 0 Å². The van der Waals surface area contributed by atoms with Crippen LogP contribution in [0.2, 0.25) is 5.02 Å². The number of halogens is 1. The van der Waals surface area contributed by atoms with E-state index in [4.69, 9.17) is 16.3 Å². The van der Waals surface area contributed by atoms with Crippen LogP contribution in [0.25, 0.3) is 0 Å². The number of ether oxygens (including phenoxy) is 1. The van der Waals surface area contributed by atoms with Crippen LogP contribution in [0, 0.1) is 0 Å². The Morgan fingerprint density at radius 2 is 2.08 bits per heavy atom. The van der Waals surface area contributed by atoms with Gasteiger partial charge in [-0.15, -0.1) is 5.10 Å². The summed E-state index contributed by atoms with van der Waals surface area (Å²) in [7, 11) is 1.34. The minimum atomic E-state index is -0.431. The van der Waals surface area contributed by atoms with Crippen molar-refractivity contribution >= 4 is 35.0 Å². The van der Waals surface area contributed by atoms with Crippen LogP contribution in [0.15, 0.2) is 24.4 Å². The van der Waals surface area contributed by atoms with Crippen LogP contribution < -0.4 is 10.2 Å². The lowest BCUT2D eigenvalue weighted by Crippen LogP contribution is -2.46. The van der Waals surface area contributed by atoms with Gasteiger partial charge in [-0.2, -0.15) is 10.1 Å². The maximum atomic E-state index is 11.7. The molecule has 26 heavy (non-hydrogen) atoms. The van der Waals surface area contributed by atoms with Crippen LogP contribution in [0.5, 0.6) is 0 Å². The normalized spacial score (nSPS) is 15.0. The average Bonchev–Trinajstić information content (AvgIpc) is 2.69. The second-order valence-electron chi connectivity index (χ2n) is 5.87. The number of methoxy groups -OCH3 is 1. The lowest BCUT2D eigenvalue weighted by molar-refractivity contribution is 0.0601. The Morgan fingerprint density at radius 1 is 1.31 bits per heavy atom. The van der Waals surface area contributed by atoms with E-state index in [1.807, 2.05) is 0 Å². The molecule has 8 nitrogen and oxygen atoms in total. The largest absolute Gasteiger partial charge is 0.465 e. The van der Waals surface area contributed by atoms with E-state index in [1.165, 1.54) is 13.3 Å². The summed E-state index contributed by atoms with van der Waals surface area (Å²) < 4.78 is 4.74. The van der Waals surface area contributed by atoms with E-state index in [0.29, 0.717) is 28.0 Å². The van der Waals surface area contributed by atoms with Gasteiger partial charge < -0.3 is 19.9 Å². The Balaban J connectivity index is 1.76. The van der Waals surface area contributed by atoms with Gasteiger partial charge in [0.05, 0.1) is 29.6 Å². The maximum absolute atomic E-state index is 11.7. The molecule has 9 heteroatoms. The topological polar surface area (TPSA) is 83.5 Å². The number of esters is 1. The van der Waals surface area contributed by atoms with E-state index in [1.54, 1.807) is 18.2 Å². The zero-order valence-corrected chi connectivity index (χ0v) is 15.5. The molecule has 2 aromatic rings. The molecule has 3 rings (SSSR count). The first-order chi connectivity index (χ1) is 12.6. The van der Waals surface area contributed by atoms with E-state index in [9.17, 15) is 4.79 Å². The van der Waals surface area contributed by atoms with Crippen molar-refractivity contribution < 1.29 is 9.53 Å². The molecule has 2 heterocycles. The van der Waals surface area contributed by atoms with Crippen LogP contribution >= 0.6 is 11.6 Å². The highest BCUT2D eigenvalue weighted by Crippen LogP contribution is 2.26. The number of hydrogen-bond acceptors (Lipinski definition) is 8. The highest BCUT2D eigenvalue weighted by molar-refractivity contribution is 6.33. The van der Waals surface area contributed by atoms with E-state index in [0.717, 1.165) is 32.7 Å². The zero-order valence-electron chi connectivity index (χ0n) is 14.8. The first kappa shape index (κ1) is 18.3. The zero-order chi connectivity index (χ0) is 18.5. The summed E-state index contributed by atoms with van der Waals surface area (Å²) in [4.78, 5) is 20.7. The van der Waals surface area contributed by atoms with E-state index in [2.05, 4.69) is 37.2 Å². The number of rotatable bonds is 5. The smallest absolute Gasteiger partial charge is 0.337 e. The summed E-state index contributed by atoms with van der Waals surface area (Å²) >= 11 is 6.22. The Hall–Kier alpha value is -2.45. The third kappa shape index (κ3) is 4.20. The van der Waals surface area contributed by atoms with Crippen molar-refractivity contribution in [1.82, 2.24) is 20.1 Å². The monoisotopic (exact) mass is 376 g/mol. The predicted octanol–water partition coefficient (Wildman–Crippen LogP) is 2.20. The van der Waals surface area contributed by atoms with Crippen LogP contribution in [-0.4, -0.2) is 65.9 Å². The van der Waals surface area contributed by atoms with Crippen molar-refractivity contribution in [2.24, 2.45) is 0 Å². The van der Waals surface area contributed by atoms with Gasteiger partial charge in [-0.05, 0) is 24.7 Å². The van der Waals surface area contributed by atoms with Gasteiger partial charge in [-0.3, -0.25) is 0 Å². The van der Waals surface area contributed by atoms with Crippen molar-refractivity contribution in [3.63, 3.8) is 0 Å². The lowest BCUT2D eigenvalue weighted by Gasteiger charge is -2.33. The fourth-order valence-electron chi connectivity index (χ4n) is 2.76. The van der Waals surface area contributed by atoms with Gasteiger partial charge in [0.25, 0.3) is 0 Å². The number of benzene rings is 1. The molecule has 0 saturated carbocycles. The van der Waals surface area contributed by atoms with E-state index >= 15 is 0 Å². The molecule has 1 aromatic carbocycles. The average molecular weight is 377 g/mol. The molecule has 0 amide bonds. The lowest BCUT2D eigenvalue weighted by atomic mass is 10.2. The van der Waals surface area contributed by atoms with Crippen molar-refractivity contribution in [2.75, 3.05) is 50.1 Å². The molecule has 1 saturated heterocycles. The number of nitrogens with zero attached hydrogens (tertiary/aromatic N) is 5. The van der Waals surface area contributed by atoms with Gasteiger partial charge in [0.15, 0.2) is 5.82 Å². The number of carbonyl (C=O) groups excluding carboxylic acids is 1. The molecule has 0 aliphatic carbocycles. The number of carbonyl (C=O) groups is 1. The van der Waals surface area contributed by atoms with Crippen LogP contribution in [0.3, 0.4) is 0 Å². The minimum Gasteiger partial charge on any atom is -0.465 e. The molecular formula is C17H21ClN6O2. The summed E-state index contributed by atoms with van der Waals surface area (Å²) in [5.74, 6) is 0.655. The molecule has 0 radical (unpaired) electrons. The third-order valence-corrected chi connectivity index (χ3v) is 4.63. The Bertz CT molecular complexity index is 780. The Kier molecular flexibility index (Phi) is 5.85. The van der Waals surface area contributed by atoms with Gasteiger partial charge >= 0.3 is 5.97 Å². The van der Waals surface area contributed by atoms with Crippen LogP contribution in [0.4, 0.5) is 17.5 Å². The van der Waals surface area contributed by atoms with E-state index in [-0.39, 0.29) is 0 Å². The molecule has 1 N–H and O–H groups in total. The minimum absolute atomic E-state index is 0.400. The van der Waals surface area contributed by atoms with Crippen LogP contribution in [0.1, 0.15) is 17.3 Å². The maximum Gasteiger partial charge on any atom is 0.337 e. The number of likely N-dealkylation sites (N-methyl/N-ethyl adjacent to an activating group) is 1. The van der Waals surface area contributed by atoms with Crippen molar-refractivity contribution in [2.45, 2.75) is 6.92 Å². The summed E-state index contributed by atoms with van der Waals surface area (Å²) in [6.45, 7) is 6.87. The second-order valence-corrected chi connectivity index (χ2v) is 6.28. The number of hydrogen-bond donors (Lipinski definition) is 1. The molecule has 138 valence electrons. The summed E-state index contributed by atoms with van der Waals surface area (Å²) in [5, 5.41) is 11.7. The predicted molar refractivity (Wildman–Crippen MR) is 100 cm³/mol. The first-order valence-corrected chi connectivity index (χ1v) is 8.80. The Labute approximate surface area is 157 Å². The van der Waals surface area contributed by atoms with Gasteiger partial charge in [-0.1, -0.05) is 18.5 Å². The molecule has 0 bridgehead atoms. The summed E-state index contributed by atoms with van der Waals surface area (Å²) in [6, 6.07) is 4.86. The highest BCUT2D eigenvalue weighted by atomic mass is 35.5. The quantitative estimate of drug-likeness (QED) is 0.795. The molecule has 1 fully saturated rings. The highest BCUT2D eigenvalue weighted by Gasteiger charge is 2.18. The fraction of sp³-hybridized carbons (Fsp3) is 0.412. The van der Waals surface area contributed by atoms with Gasteiger partial charge in [-0.25, -0.2) is 4.79 Å². The van der Waals surface area contributed by atoms with Crippen molar-refractivity contribution in [3.8, 4) is 0 Å². The fourth-order valence-corrected chi connectivity index (χ4v) is 2.92. The SMILES string of the molecule is CCN1CCN(c2nncc(Nc3cc(C(=O)OC)ccc3Cl)n2)CC1. The molecule has 0 atom stereocenters. The molecule has 1 aliphatic rings. The summed E-state index contributed by atoms with van der Waals surface area (Å²) in [5.41, 5.74) is 0.953. The Morgan fingerprint density at radius 3 is 2.77 bits per heavy atom. The van der Waals surface area contributed by atoms with Crippen molar-refractivity contribution in [3.05, 3.63) is 35.0 Å². The van der Waals surface area contributed by atoms with Gasteiger partial charge in [0, 0.05) is 26.2 Å². The molecule has 1 aromatic heterocycles. The molecule has 0 spiro atoms. The van der Waals surface area contributed by atoms with Gasteiger partial charge in [0.2, 0.25) is 5.95 Å². The van der Waals surface area contributed by atoms with E-state index < -0.39 is 5.97 Å². The third-order valence-electron chi connectivity index (χ3n) is 4.30. The second kappa shape index (κ2) is 8.29. The number of nitrogens with one attached hydrogen (secondary N) is 1. The summed E-state index contributed by atoms with van der Waals surface area (Å²) in [6.07, 6.45) is 1.52. The first-order valence-electron chi connectivity index (χ1n) is 8.42. The standard InChI is InChI=1S/C17H21ClN6O2/c1-3-23-6-8-24(9-7-23)17-21-15(11-19-22-17)20-14-10-12(16(25)26-2)4-5-13(14)18/h4-5,10-11H,3,6-9H2,1-2H3,(H,20,21,22). The number of aromatic nitrogens is 3. The number of anilines is 3. The van der Waals surface area contributed by atoms with Crippen LogP contribution in [-0.2, 0) is 4.74 Å². The van der Waals surface area contributed by atoms with Gasteiger partial charge in [0.1, 0.15) is 0 Å². The molecule has 0 unspecified atom stereocenters. The number of piperazine rings is 1. The molecule has 1 aliphatic heterocycles. The molecular weight excluding hydrogens is 356 g/mol.